The average Bonchev–Trinajstić information content (AvgIpc) is 2.89. The first-order chi connectivity index (χ1) is 8.72. The molecule has 0 atom stereocenters. The highest BCUT2D eigenvalue weighted by atomic mass is 32.1. The van der Waals surface area contributed by atoms with E-state index in [9.17, 15) is 9.90 Å². The van der Waals surface area contributed by atoms with E-state index in [2.05, 4.69) is 10.3 Å². The van der Waals surface area contributed by atoms with Gasteiger partial charge in [0.2, 0.25) is 0 Å². The minimum Gasteiger partial charge on any atom is -0.504 e. The summed E-state index contributed by atoms with van der Waals surface area (Å²) in [4.78, 5) is 15.9. The monoisotopic (exact) mass is 264 g/mol. The first kappa shape index (κ1) is 12.4. The molecule has 2 aromatic rings. The molecule has 1 aromatic carbocycles. The summed E-state index contributed by atoms with van der Waals surface area (Å²) < 4.78 is 4.95. The van der Waals surface area contributed by atoms with Gasteiger partial charge in [0.25, 0.3) is 5.91 Å². The van der Waals surface area contributed by atoms with Crippen LogP contribution in [0.5, 0.6) is 11.5 Å². The number of phenolic OH excluding ortho intramolecular Hbond substituents is 1. The standard InChI is InChI=1S/C12H12N2O3S/c1-17-9-4-2-3-8(11(9)15)12(16)14-7-10-13-5-6-18-10/h2-6,15H,7H2,1H3,(H,14,16). The predicted molar refractivity (Wildman–Crippen MR) is 67.9 cm³/mol. The predicted octanol–water partition coefficient (Wildman–Crippen LogP) is 1.79. The lowest BCUT2D eigenvalue weighted by molar-refractivity contribution is 0.0947. The van der Waals surface area contributed by atoms with Crippen LogP contribution in [0.15, 0.2) is 29.8 Å². The molecule has 1 aromatic heterocycles. The van der Waals surface area contributed by atoms with Crippen LogP contribution in [0, 0.1) is 0 Å². The number of para-hydroxylation sites is 1. The normalized spacial score (nSPS) is 10.1. The molecule has 1 heterocycles. The molecule has 0 aliphatic rings. The molecule has 0 bridgehead atoms. The molecule has 0 unspecified atom stereocenters. The Bertz CT molecular complexity index is 540. The molecule has 0 aliphatic heterocycles. The molecule has 0 radical (unpaired) electrons. The fourth-order valence-corrected chi connectivity index (χ4v) is 2.02. The highest BCUT2D eigenvalue weighted by molar-refractivity contribution is 7.09. The van der Waals surface area contributed by atoms with Crippen molar-refractivity contribution in [3.05, 3.63) is 40.3 Å². The van der Waals surface area contributed by atoms with Gasteiger partial charge in [-0.25, -0.2) is 4.98 Å². The Morgan fingerprint density at radius 2 is 2.39 bits per heavy atom. The van der Waals surface area contributed by atoms with E-state index in [-0.39, 0.29) is 23.0 Å². The second kappa shape index (κ2) is 5.50. The topological polar surface area (TPSA) is 71.5 Å². The van der Waals surface area contributed by atoms with E-state index in [1.54, 1.807) is 18.3 Å². The lowest BCUT2D eigenvalue weighted by Gasteiger charge is -2.08. The largest absolute Gasteiger partial charge is 0.504 e. The fraction of sp³-hybridized carbons (Fsp3) is 0.167. The first-order valence-electron chi connectivity index (χ1n) is 5.25. The quantitative estimate of drug-likeness (QED) is 0.883. The maximum atomic E-state index is 11.9. The Kier molecular flexibility index (Phi) is 3.78. The van der Waals surface area contributed by atoms with Gasteiger partial charge in [0.05, 0.1) is 19.2 Å². The maximum Gasteiger partial charge on any atom is 0.255 e. The van der Waals surface area contributed by atoms with Crippen molar-refractivity contribution in [1.82, 2.24) is 10.3 Å². The Balaban J connectivity index is 2.09. The number of thiazole rings is 1. The molecule has 6 heteroatoms. The zero-order valence-electron chi connectivity index (χ0n) is 9.71. The molecule has 1 amide bonds. The second-order valence-electron chi connectivity index (χ2n) is 3.46. The summed E-state index contributed by atoms with van der Waals surface area (Å²) in [5.74, 6) is -0.241. The zero-order chi connectivity index (χ0) is 13.0. The summed E-state index contributed by atoms with van der Waals surface area (Å²) in [5, 5.41) is 15.2. The first-order valence-corrected chi connectivity index (χ1v) is 6.13. The van der Waals surface area contributed by atoms with E-state index < -0.39 is 0 Å². The number of amides is 1. The van der Waals surface area contributed by atoms with Crippen molar-refractivity contribution in [2.45, 2.75) is 6.54 Å². The third kappa shape index (κ3) is 2.60. The van der Waals surface area contributed by atoms with Crippen LogP contribution in [0.3, 0.4) is 0 Å². The van der Waals surface area contributed by atoms with Gasteiger partial charge >= 0.3 is 0 Å². The van der Waals surface area contributed by atoms with Gasteiger partial charge in [-0.3, -0.25) is 4.79 Å². The minimum absolute atomic E-state index is 0.156. The fourth-order valence-electron chi connectivity index (χ4n) is 1.46. The van der Waals surface area contributed by atoms with Crippen LogP contribution < -0.4 is 10.1 Å². The molecule has 0 spiro atoms. The van der Waals surface area contributed by atoms with Gasteiger partial charge in [-0.1, -0.05) is 6.07 Å². The number of phenols is 1. The lowest BCUT2D eigenvalue weighted by atomic mass is 10.1. The van der Waals surface area contributed by atoms with Crippen LogP contribution in [-0.2, 0) is 6.54 Å². The Morgan fingerprint density at radius 3 is 3.06 bits per heavy atom. The van der Waals surface area contributed by atoms with Crippen LogP contribution >= 0.6 is 11.3 Å². The number of carbonyl (C=O) groups excluding carboxylic acids is 1. The number of hydrogen-bond donors (Lipinski definition) is 2. The highest BCUT2D eigenvalue weighted by Gasteiger charge is 2.14. The number of nitrogens with one attached hydrogen (secondary N) is 1. The van der Waals surface area contributed by atoms with Crippen LogP contribution in [0.2, 0.25) is 0 Å². The molecule has 2 rings (SSSR count). The molecule has 0 saturated heterocycles. The third-order valence-corrected chi connectivity index (χ3v) is 3.13. The minimum atomic E-state index is -0.360. The van der Waals surface area contributed by atoms with Gasteiger partial charge < -0.3 is 15.2 Å². The number of carbonyl (C=O) groups is 1. The molecular formula is C12H12N2O3S. The summed E-state index contributed by atoms with van der Waals surface area (Å²) in [7, 11) is 1.44. The van der Waals surface area contributed by atoms with Gasteiger partial charge in [0.1, 0.15) is 5.01 Å². The van der Waals surface area contributed by atoms with Gasteiger partial charge in [-0.2, -0.15) is 0 Å². The number of ether oxygens (including phenoxy) is 1. The van der Waals surface area contributed by atoms with Crippen LogP contribution in [0.25, 0.3) is 0 Å². The number of rotatable bonds is 4. The zero-order valence-corrected chi connectivity index (χ0v) is 10.5. The van der Waals surface area contributed by atoms with Crippen molar-refractivity contribution in [3.63, 3.8) is 0 Å². The smallest absolute Gasteiger partial charge is 0.255 e. The number of benzene rings is 1. The van der Waals surface area contributed by atoms with Crippen molar-refractivity contribution in [1.29, 1.82) is 0 Å². The SMILES string of the molecule is COc1cccc(C(=O)NCc2nccs2)c1O. The van der Waals surface area contributed by atoms with Crippen molar-refractivity contribution in [3.8, 4) is 11.5 Å². The van der Waals surface area contributed by atoms with E-state index in [4.69, 9.17) is 4.74 Å². The molecule has 5 nitrogen and oxygen atoms in total. The Labute approximate surface area is 108 Å². The van der Waals surface area contributed by atoms with E-state index in [1.165, 1.54) is 24.5 Å². The Morgan fingerprint density at radius 1 is 1.56 bits per heavy atom. The highest BCUT2D eigenvalue weighted by Crippen LogP contribution is 2.29. The van der Waals surface area contributed by atoms with E-state index >= 15 is 0 Å². The van der Waals surface area contributed by atoms with Crippen molar-refractivity contribution in [2.75, 3.05) is 7.11 Å². The molecule has 2 N–H and O–H groups in total. The molecular weight excluding hydrogens is 252 g/mol. The summed E-state index contributed by atoms with van der Waals surface area (Å²) in [6.45, 7) is 0.340. The maximum absolute atomic E-state index is 11.9. The van der Waals surface area contributed by atoms with Crippen molar-refractivity contribution in [2.24, 2.45) is 0 Å². The van der Waals surface area contributed by atoms with Gasteiger partial charge in [0, 0.05) is 11.6 Å². The molecule has 18 heavy (non-hydrogen) atoms. The lowest BCUT2D eigenvalue weighted by Crippen LogP contribution is -2.22. The number of nitrogens with zero attached hydrogens (tertiary/aromatic N) is 1. The molecule has 0 saturated carbocycles. The number of hydrogen-bond acceptors (Lipinski definition) is 5. The number of aromatic nitrogens is 1. The van der Waals surface area contributed by atoms with Gasteiger partial charge in [-0.05, 0) is 12.1 Å². The molecule has 0 aliphatic carbocycles. The third-order valence-electron chi connectivity index (χ3n) is 2.35. The van der Waals surface area contributed by atoms with Crippen LogP contribution in [0.4, 0.5) is 0 Å². The van der Waals surface area contributed by atoms with E-state index in [0.717, 1.165) is 5.01 Å². The number of aromatic hydroxyl groups is 1. The van der Waals surface area contributed by atoms with E-state index in [0.29, 0.717) is 6.54 Å². The van der Waals surface area contributed by atoms with Gasteiger partial charge in [0.15, 0.2) is 11.5 Å². The van der Waals surface area contributed by atoms with Crippen LogP contribution in [0.1, 0.15) is 15.4 Å². The summed E-state index contributed by atoms with van der Waals surface area (Å²) in [6, 6.07) is 4.78. The molecule has 0 fully saturated rings. The average molecular weight is 264 g/mol. The van der Waals surface area contributed by atoms with Crippen molar-refractivity contribution >= 4 is 17.2 Å². The van der Waals surface area contributed by atoms with Crippen molar-refractivity contribution < 1.29 is 14.6 Å². The Hall–Kier alpha value is -2.08. The van der Waals surface area contributed by atoms with E-state index in [1.807, 2.05) is 5.38 Å². The van der Waals surface area contributed by atoms with Gasteiger partial charge in [-0.15, -0.1) is 11.3 Å². The summed E-state index contributed by atoms with van der Waals surface area (Å²) in [6.07, 6.45) is 1.68. The number of methoxy groups -OCH3 is 1. The summed E-state index contributed by atoms with van der Waals surface area (Å²) in [5.41, 5.74) is 0.186. The second-order valence-corrected chi connectivity index (χ2v) is 4.44. The molecule has 94 valence electrons. The summed E-state index contributed by atoms with van der Waals surface area (Å²) >= 11 is 1.46. The van der Waals surface area contributed by atoms with Crippen LogP contribution in [-0.4, -0.2) is 23.1 Å².